The fourth-order valence-corrected chi connectivity index (χ4v) is 3.42. The molecule has 138 valence electrons. The molecule has 1 aromatic heterocycles. The molecule has 2 atom stereocenters. The first-order valence-corrected chi connectivity index (χ1v) is 8.39. The SMILES string of the molecule is O=[N+]([O-])c1ccc(NC2CCOC2c2ccc(F)c(F)c2)c2ccncc12. The lowest BCUT2D eigenvalue weighted by molar-refractivity contribution is -0.383. The lowest BCUT2D eigenvalue weighted by atomic mass is 10.0. The molecule has 0 saturated carbocycles. The number of nitrogens with zero attached hydrogens (tertiary/aromatic N) is 2. The first-order chi connectivity index (χ1) is 13.0. The predicted molar refractivity (Wildman–Crippen MR) is 95.5 cm³/mol. The zero-order chi connectivity index (χ0) is 19.0. The maximum Gasteiger partial charge on any atom is 0.278 e. The monoisotopic (exact) mass is 371 g/mol. The van der Waals surface area contributed by atoms with Crippen molar-refractivity contribution in [3.8, 4) is 0 Å². The zero-order valence-corrected chi connectivity index (χ0v) is 14.1. The molecule has 0 aliphatic carbocycles. The molecule has 2 aromatic carbocycles. The second kappa shape index (κ2) is 6.88. The number of halogens is 2. The first kappa shape index (κ1) is 17.3. The molecular formula is C19H15F2N3O3. The van der Waals surface area contributed by atoms with E-state index in [4.69, 9.17) is 4.74 Å². The second-order valence-corrected chi connectivity index (χ2v) is 6.32. The lowest BCUT2D eigenvalue weighted by Gasteiger charge is -2.22. The van der Waals surface area contributed by atoms with Gasteiger partial charge in [0.2, 0.25) is 0 Å². The Balaban J connectivity index is 1.68. The number of fused-ring (bicyclic) bond motifs is 1. The van der Waals surface area contributed by atoms with Gasteiger partial charge in [0.15, 0.2) is 11.6 Å². The molecule has 0 amide bonds. The number of hydrogen-bond acceptors (Lipinski definition) is 5. The van der Waals surface area contributed by atoms with Crippen LogP contribution < -0.4 is 5.32 Å². The molecule has 1 aliphatic heterocycles. The quantitative estimate of drug-likeness (QED) is 0.545. The smallest absolute Gasteiger partial charge is 0.278 e. The molecule has 2 unspecified atom stereocenters. The Morgan fingerprint density at radius 2 is 2.00 bits per heavy atom. The average Bonchev–Trinajstić information content (AvgIpc) is 3.12. The third-order valence-corrected chi connectivity index (χ3v) is 4.70. The Bertz CT molecular complexity index is 1030. The maximum atomic E-state index is 13.6. The van der Waals surface area contributed by atoms with Gasteiger partial charge < -0.3 is 10.1 Å². The molecule has 0 radical (unpaired) electrons. The fraction of sp³-hybridized carbons (Fsp3) is 0.211. The van der Waals surface area contributed by atoms with Crippen LogP contribution in [-0.2, 0) is 4.74 Å². The number of rotatable bonds is 4. The number of anilines is 1. The number of non-ortho nitro benzene ring substituents is 1. The van der Waals surface area contributed by atoms with Crippen LogP contribution >= 0.6 is 0 Å². The molecule has 8 heteroatoms. The Morgan fingerprint density at radius 1 is 1.15 bits per heavy atom. The normalized spacial score (nSPS) is 19.3. The Kier molecular flexibility index (Phi) is 4.41. The summed E-state index contributed by atoms with van der Waals surface area (Å²) in [4.78, 5) is 14.8. The Hall–Kier alpha value is -3.13. The standard InChI is InChI=1S/C19H15F2N3O3/c20-14-2-1-11(9-15(14)21)19-17(6-8-27-19)23-16-3-4-18(24(25)26)13-10-22-7-5-12(13)16/h1-5,7,9-10,17,19,23H,6,8H2. The van der Waals surface area contributed by atoms with Crippen LogP contribution in [0.25, 0.3) is 10.8 Å². The van der Waals surface area contributed by atoms with Gasteiger partial charge in [-0.1, -0.05) is 6.07 Å². The van der Waals surface area contributed by atoms with Crippen molar-refractivity contribution in [2.24, 2.45) is 0 Å². The number of nitro groups is 1. The third kappa shape index (κ3) is 3.19. The van der Waals surface area contributed by atoms with Crippen molar-refractivity contribution in [3.63, 3.8) is 0 Å². The highest BCUT2D eigenvalue weighted by atomic mass is 19.2. The number of pyridine rings is 1. The molecule has 2 heterocycles. The minimum atomic E-state index is -0.923. The van der Waals surface area contributed by atoms with Crippen LogP contribution in [0.5, 0.6) is 0 Å². The molecule has 0 bridgehead atoms. The highest BCUT2D eigenvalue weighted by Gasteiger charge is 2.31. The molecule has 1 saturated heterocycles. The van der Waals surface area contributed by atoms with Gasteiger partial charge in [-0.15, -0.1) is 0 Å². The Morgan fingerprint density at radius 3 is 2.78 bits per heavy atom. The van der Waals surface area contributed by atoms with E-state index in [1.54, 1.807) is 18.3 Å². The van der Waals surface area contributed by atoms with E-state index in [0.717, 1.165) is 12.1 Å². The van der Waals surface area contributed by atoms with E-state index < -0.39 is 22.7 Å². The van der Waals surface area contributed by atoms with Gasteiger partial charge in [-0.25, -0.2) is 8.78 Å². The van der Waals surface area contributed by atoms with Crippen LogP contribution in [0.3, 0.4) is 0 Å². The van der Waals surface area contributed by atoms with E-state index in [-0.39, 0.29) is 11.7 Å². The third-order valence-electron chi connectivity index (χ3n) is 4.70. The van der Waals surface area contributed by atoms with Gasteiger partial charge in [0, 0.05) is 36.1 Å². The summed E-state index contributed by atoms with van der Waals surface area (Å²) < 4.78 is 32.5. The zero-order valence-electron chi connectivity index (χ0n) is 14.1. The molecule has 3 aromatic rings. The fourth-order valence-electron chi connectivity index (χ4n) is 3.42. The minimum absolute atomic E-state index is 0.0246. The summed E-state index contributed by atoms with van der Waals surface area (Å²) in [5, 5.41) is 15.7. The summed E-state index contributed by atoms with van der Waals surface area (Å²) in [6, 6.07) is 8.30. The second-order valence-electron chi connectivity index (χ2n) is 6.32. The molecule has 1 fully saturated rings. The maximum absolute atomic E-state index is 13.6. The molecule has 1 aliphatic rings. The van der Waals surface area contributed by atoms with Gasteiger partial charge in [-0.05, 0) is 36.2 Å². The van der Waals surface area contributed by atoms with Gasteiger partial charge in [-0.2, -0.15) is 0 Å². The summed E-state index contributed by atoms with van der Waals surface area (Å²) >= 11 is 0. The van der Waals surface area contributed by atoms with Crippen molar-refractivity contribution in [3.05, 3.63) is 76.1 Å². The number of ether oxygens (including phenoxy) is 1. The highest BCUT2D eigenvalue weighted by Crippen LogP contribution is 2.36. The molecule has 27 heavy (non-hydrogen) atoms. The highest BCUT2D eigenvalue weighted by molar-refractivity contribution is 5.99. The van der Waals surface area contributed by atoms with Crippen molar-refractivity contribution in [1.29, 1.82) is 0 Å². The molecule has 0 spiro atoms. The molecule has 4 rings (SSSR count). The van der Waals surface area contributed by atoms with Gasteiger partial charge in [0.25, 0.3) is 5.69 Å². The van der Waals surface area contributed by atoms with E-state index in [0.29, 0.717) is 35.1 Å². The molecule has 6 nitrogen and oxygen atoms in total. The van der Waals surface area contributed by atoms with Crippen LogP contribution in [0.2, 0.25) is 0 Å². The van der Waals surface area contributed by atoms with Crippen molar-refractivity contribution < 1.29 is 18.4 Å². The van der Waals surface area contributed by atoms with Gasteiger partial charge in [-0.3, -0.25) is 15.1 Å². The topological polar surface area (TPSA) is 77.3 Å². The summed E-state index contributed by atoms with van der Waals surface area (Å²) in [5.41, 5.74) is 1.21. The van der Waals surface area contributed by atoms with E-state index in [1.165, 1.54) is 18.3 Å². The van der Waals surface area contributed by atoms with Crippen molar-refractivity contribution in [2.45, 2.75) is 18.6 Å². The summed E-state index contributed by atoms with van der Waals surface area (Å²) in [7, 11) is 0. The summed E-state index contributed by atoms with van der Waals surface area (Å²) in [6.45, 7) is 0.466. The van der Waals surface area contributed by atoms with Crippen molar-refractivity contribution in [2.75, 3.05) is 11.9 Å². The van der Waals surface area contributed by atoms with Crippen LogP contribution in [0.4, 0.5) is 20.2 Å². The van der Waals surface area contributed by atoms with Crippen LogP contribution in [0.15, 0.2) is 48.8 Å². The van der Waals surface area contributed by atoms with Crippen molar-refractivity contribution >= 4 is 22.1 Å². The summed E-state index contributed by atoms with van der Waals surface area (Å²) in [6.07, 6.45) is 3.23. The number of hydrogen-bond donors (Lipinski definition) is 1. The number of nitrogens with one attached hydrogen (secondary N) is 1. The van der Waals surface area contributed by atoms with Gasteiger partial charge in [0.1, 0.15) is 6.10 Å². The largest absolute Gasteiger partial charge is 0.379 e. The van der Waals surface area contributed by atoms with E-state index in [9.17, 15) is 18.9 Å². The van der Waals surface area contributed by atoms with Crippen LogP contribution in [-0.4, -0.2) is 22.6 Å². The van der Waals surface area contributed by atoms with E-state index in [1.807, 2.05) is 0 Å². The van der Waals surface area contributed by atoms with Crippen LogP contribution in [0.1, 0.15) is 18.1 Å². The number of aromatic nitrogens is 1. The predicted octanol–water partition coefficient (Wildman–Crippen LogP) is 4.36. The lowest BCUT2D eigenvalue weighted by Crippen LogP contribution is -2.23. The minimum Gasteiger partial charge on any atom is -0.379 e. The number of nitro benzene ring substituents is 1. The van der Waals surface area contributed by atoms with Gasteiger partial charge in [0.05, 0.1) is 16.4 Å². The first-order valence-electron chi connectivity index (χ1n) is 8.39. The van der Waals surface area contributed by atoms with Crippen molar-refractivity contribution in [1.82, 2.24) is 4.98 Å². The summed E-state index contributed by atoms with van der Waals surface area (Å²) in [5.74, 6) is -1.83. The average molecular weight is 371 g/mol. The Labute approximate surface area is 152 Å². The number of benzene rings is 2. The van der Waals surface area contributed by atoms with Crippen LogP contribution in [0, 0.1) is 21.7 Å². The molecule has 1 N–H and O–H groups in total. The van der Waals surface area contributed by atoms with E-state index in [2.05, 4.69) is 10.3 Å². The van der Waals surface area contributed by atoms with Gasteiger partial charge >= 0.3 is 0 Å². The molecular weight excluding hydrogens is 356 g/mol. The van der Waals surface area contributed by atoms with E-state index >= 15 is 0 Å².